The lowest BCUT2D eigenvalue weighted by Crippen LogP contribution is -2.20. The fourth-order valence-electron chi connectivity index (χ4n) is 2.45. The van der Waals surface area contributed by atoms with E-state index in [1.165, 1.54) is 28.7 Å². The normalized spacial score (nSPS) is 12.7. The molecule has 26 heavy (non-hydrogen) atoms. The average Bonchev–Trinajstić information content (AvgIpc) is 3.15. The number of hydrogen-bond donors (Lipinski definition) is 2. The number of thioether (sulfide) groups is 1. The lowest BCUT2D eigenvalue weighted by molar-refractivity contribution is -0.113. The maximum Gasteiger partial charge on any atom is 0.235 e. The third-order valence-corrected chi connectivity index (χ3v) is 6.03. The average molecular weight is 391 g/mol. The van der Waals surface area contributed by atoms with Gasteiger partial charge in [-0.25, -0.2) is 0 Å². The van der Waals surface area contributed by atoms with Gasteiger partial charge in [0.2, 0.25) is 10.9 Å². The summed E-state index contributed by atoms with van der Waals surface area (Å²) in [7, 11) is 0. The zero-order valence-corrected chi connectivity index (χ0v) is 16.8. The van der Waals surface area contributed by atoms with Crippen LogP contribution in [-0.4, -0.2) is 31.5 Å². The van der Waals surface area contributed by atoms with Crippen LogP contribution < -0.4 is 11.1 Å². The number of nitrogens with two attached hydrogens (primary N) is 1. The Kier molecular flexibility index (Phi) is 5.59. The highest BCUT2D eigenvalue weighted by atomic mass is 32.2. The largest absolute Gasteiger partial charge is 0.325 e. The summed E-state index contributed by atoms with van der Waals surface area (Å²) in [5, 5.41) is 15.7. The SMILES string of the molecule is Cc1ccc(NC(=O)CSc2nn3c([C@@H](N)C(C)C)nnc3s2)c(C)c1. The molecule has 138 valence electrons. The zero-order valence-electron chi connectivity index (χ0n) is 15.2. The summed E-state index contributed by atoms with van der Waals surface area (Å²) in [5.74, 6) is 1.11. The highest BCUT2D eigenvalue weighted by molar-refractivity contribution is 8.01. The van der Waals surface area contributed by atoms with Crippen molar-refractivity contribution >= 4 is 39.7 Å². The minimum Gasteiger partial charge on any atom is -0.325 e. The molecule has 1 aromatic carbocycles. The van der Waals surface area contributed by atoms with E-state index < -0.39 is 0 Å². The number of nitrogens with one attached hydrogen (secondary N) is 1. The maximum absolute atomic E-state index is 12.2. The number of hydrogen-bond acceptors (Lipinski definition) is 7. The van der Waals surface area contributed by atoms with Crippen LogP contribution in [0.4, 0.5) is 5.69 Å². The van der Waals surface area contributed by atoms with E-state index in [0.717, 1.165) is 15.6 Å². The predicted molar refractivity (Wildman–Crippen MR) is 106 cm³/mol. The molecule has 0 saturated carbocycles. The van der Waals surface area contributed by atoms with E-state index in [-0.39, 0.29) is 23.6 Å². The summed E-state index contributed by atoms with van der Waals surface area (Å²) in [6, 6.07) is 5.73. The number of fused-ring (bicyclic) bond motifs is 1. The van der Waals surface area contributed by atoms with Gasteiger partial charge in [-0.15, -0.1) is 15.3 Å². The molecular weight excluding hydrogens is 368 g/mol. The number of rotatable bonds is 6. The molecule has 2 heterocycles. The Balaban J connectivity index is 1.65. The molecule has 0 fully saturated rings. The molecular formula is C17H22N6OS2. The van der Waals surface area contributed by atoms with Gasteiger partial charge in [0.1, 0.15) is 0 Å². The molecule has 0 aliphatic carbocycles. The van der Waals surface area contributed by atoms with Gasteiger partial charge in [0, 0.05) is 5.69 Å². The van der Waals surface area contributed by atoms with Gasteiger partial charge in [-0.05, 0) is 31.4 Å². The lowest BCUT2D eigenvalue weighted by atomic mass is 10.1. The lowest BCUT2D eigenvalue weighted by Gasteiger charge is -2.11. The van der Waals surface area contributed by atoms with Crippen molar-refractivity contribution in [3.05, 3.63) is 35.2 Å². The predicted octanol–water partition coefficient (Wildman–Crippen LogP) is 3.19. The molecule has 3 N–H and O–H groups in total. The highest BCUT2D eigenvalue weighted by Gasteiger charge is 2.20. The van der Waals surface area contributed by atoms with Gasteiger partial charge < -0.3 is 11.1 Å². The first kappa shape index (κ1) is 18.8. The molecule has 0 bridgehead atoms. The van der Waals surface area contributed by atoms with Gasteiger partial charge in [-0.2, -0.15) is 4.52 Å². The topological polar surface area (TPSA) is 98.2 Å². The third kappa shape index (κ3) is 4.05. The number of carbonyl (C=O) groups excluding carboxylic acids is 1. The second kappa shape index (κ2) is 7.73. The molecule has 3 aromatic rings. The standard InChI is InChI=1S/C17H22N6OS2/c1-9(2)14(18)15-20-21-16-23(15)22-17(26-16)25-8-13(24)19-12-6-5-10(3)7-11(12)4/h5-7,9,14H,8,18H2,1-4H3,(H,19,24)/t14-/m0/s1. The first-order chi connectivity index (χ1) is 12.3. The van der Waals surface area contributed by atoms with Gasteiger partial charge in [-0.1, -0.05) is 54.6 Å². The van der Waals surface area contributed by atoms with Crippen LogP contribution in [0, 0.1) is 19.8 Å². The first-order valence-electron chi connectivity index (χ1n) is 8.32. The van der Waals surface area contributed by atoms with E-state index in [0.29, 0.717) is 10.8 Å². The van der Waals surface area contributed by atoms with Crippen LogP contribution in [-0.2, 0) is 4.79 Å². The van der Waals surface area contributed by atoms with Crippen LogP contribution in [0.5, 0.6) is 0 Å². The molecule has 1 amide bonds. The summed E-state index contributed by atoms with van der Waals surface area (Å²) < 4.78 is 2.45. The number of nitrogens with zero attached hydrogens (tertiary/aromatic N) is 4. The Hall–Kier alpha value is -1.97. The molecule has 0 aliphatic heterocycles. The van der Waals surface area contributed by atoms with Crippen molar-refractivity contribution in [2.24, 2.45) is 11.7 Å². The van der Waals surface area contributed by atoms with E-state index in [1.807, 2.05) is 45.9 Å². The van der Waals surface area contributed by atoms with E-state index >= 15 is 0 Å². The summed E-state index contributed by atoms with van der Waals surface area (Å²) in [6.45, 7) is 8.08. The van der Waals surface area contributed by atoms with Gasteiger partial charge >= 0.3 is 0 Å². The van der Waals surface area contributed by atoms with Crippen molar-refractivity contribution < 1.29 is 4.79 Å². The van der Waals surface area contributed by atoms with Crippen LogP contribution >= 0.6 is 23.1 Å². The molecule has 9 heteroatoms. The smallest absolute Gasteiger partial charge is 0.235 e. The zero-order chi connectivity index (χ0) is 18.8. The summed E-state index contributed by atoms with van der Waals surface area (Å²) >= 11 is 2.79. The second-order valence-corrected chi connectivity index (χ2v) is 8.72. The maximum atomic E-state index is 12.2. The Bertz CT molecular complexity index is 933. The Labute approximate surface area is 160 Å². The number of aromatic nitrogens is 4. The van der Waals surface area contributed by atoms with Crippen molar-refractivity contribution in [3.63, 3.8) is 0 Å². The summed E-state index contributed by atoms with van der Waals surface area (Å²) in [5.41, 5.74) is 9.22. The number of aryl methyl sites for hydroxylation is 2. The van der Waals surface area contributed by atoms with E-state index in [2.05, 4.69) is 20.6 Å². The van der Waals surface area contributed by atoms with Crippen LogP contribution in [0.15, 0.2) is 22.5 Å². The van der Waals surface area contributed by atoms with Gasteiger partial charge in [-0.3, -0.25) is 4.79 Å². The van der Waals surface area contributed by atoms with E-state index in [4.69, 9.17) is 5.73 Å². The van der Waals surface area contributed by atoms with Crippen LogP contribution in [0.1, 0.15) is 36.8 Å². The van der Waals surface area contributed by atoms with Crippen LogP contribution in [0.25, 0.3) is 4.96 Å². The molecule has 0 spiro atoms. The van der Waals surface area contributed by atoms with Crippen molar-refractivity contribution in [1.82, 2.24) is 19.8 Å². The number of anilines is 1. The second-order valence-electron chi connectivity index (χ2n) is 6.55. The van der Waals surface area contributed by atoms with E-state index in [1.54, 1.807) is 4.52 Å². The Morgan fingerprint density at radius 2 is 2.12 bits per heavy atom. The van der Waals surface area contributed by atoms with E-state index in [9.17, 15) is 4.79 Å². The quantitative estimate of drug-likeness (QED) is 0.627. The van der Waals surface area contributed by atoms with Crippen molar-refractivity contribution in [2.45, 2.75) is 38.1 Å². The van der Waals surface area contributed by atoms with Crippen molar-refractivity contribution in [3.8, 4) is 0 Å². The molecule has 2 aromatic heterocycles. The fraction of sp³-hybridized carbons (Fsp3) is 0.412. The molecule has 7 nitrogen and oxygen atoms in total. The number of benzene rings is 1. The minimum absolute atomic E-state index is 0.0629. The molecule has 3 rings (SSSR count). The molecule has 1 atom stereocenters. The monoisotopic (exact) mass is 390 g/mol. The fourth-order valence-corrected chi connectivity index (χ4v) is 4.13. The number of carbonyl (C=O) groups is 1. The van der Waals surface area contributed by atoms with Gasteiger partial charge in [0.25, 0.3) is 0 Å². The summed E-state index contributed by atoms with van der Waals surface area (Å²) in [6.07, 6.45) is 0. The first-order valence-corrected chi connectivity index (χ1v) is 10.1. The highest BCUT2D eigenvalue weighted by Crippen LogP contribution is 2.27. The molecule has 0 unspecified atom stereocenters. The Morgan fingerprint density at radius 1 is 1.35 bits per heavy atom. The van der Waals surface area contributed by atoms with Crippen molar-refractivity contribution in [2.75, 3.05) is 11.1 Å². The number of amides is 1. The van der Waals surface area contributed by atoms with Crippen LogP contribution in [0.2, 0.25) is 0 Å². The van der Waals surface area contributed by atoms with Crippen LogP contribution in [0.3, 0.4) is 0 Å². The Morgan fingerprint density at radius 3 is 2.81 bits per heavy atom. The van der Waals surface area contributed by atoms with Gasteiger partial charge in [0.15, 0.2) is 10.2 Å². The molecule has 0 aliphatic rings. The summed E-state index contributed by atoms with van der Waals surface area (Å²) in [4.78, 5) is 12.9. The van der Waals surface area contributed by atoms with Crippen molar-refractivity contribution in [1.29, 1.82) is 0 Å². The molecule has 0 radical (unpaired) electrons. The molecule has 0 saturated heterocycles. The third-order valence-electron chi connectivity index (χ3n) is 4.00. The van der Waals surface area contributed by atoms with Gasteiger partial charge in [0.05, 0.1) is 11.8 Å². The minimum atomic E-state index is -0.224.